The Morgan fingerprint density at radius 3 is 2.88 bits per heavy atom. The fourth-order valence-corrected chi connectivity index (χ4v) is 1.60. The lowest BCUT2D eigenvalue weighted by Crippen LogP contribution is -2.25. The first-order valence-corrected chi connectivity index (χ1v) is 5.78. The van der Waals surface area contributed by atoms with Crippen LogP contribution in [-0.4, -0.2) is 19.0 Å². The zero-order chi connectivity index (χ0) is 12.0. The Morgan fingerprint density at radius 1 is 1.44 bits per heavy atom. The molecule has 3 nitrogen and oxygen atoms in total. The normalized spacial score (nSPS) is 10.2. The van der Waals surface area contributed by atoms with E-state index >= 15 is 0 Å². The molecule has 0 unspecified atom stereocenters. The Balaban J connectivity index is 2.56. The summed E-state index contributed by atoms with van der Waals surface area (Å²) in [6.45, 7) is 3.18. The molecule has 0 radical (unpaired) electrons. The third-order valence-corrected chi connectivity index (χ3v) is 2.85. The van der Waals surface area contributed by atoms with E-state index in [9.17, 15) is 4.79 Å². The van der Waals surface area contributed by atoms with E-state index in [4.69, 9.17) is 17.3 Å². The van der Waals surface area contributed by atoms with Gasteiger partial charge in [-0.25, -0.2) is 0 Å². The predicted octanol–water partition coefficient (Wildman–Crippen LogP) is 2.12. The highest BCUT2D eigenvalue weighted by Crippen LogP contribution is 2.19. The minimum atomic E-state index is -0.120. The summed E-state index contributed by atoms with van der Waals surface area (Å²) in [5.74, 6) is -0.120. The summed E-state index contributed by atoms with van der Waals surface area (Å²) < 4.78 is 0. The summed E-state index contributed by atoms with van der Waals surface area (Å²) in [4.78, 5) is 11.8. The van der Waals surface area contributed by atoms with Gasteiger partial charge in [-0.15, -0.1) is 0 Å². The van der Waals surface area contributed by atoms with Gasteiger partial charge in [0.2, 0.25) is 0 Å². The molecule has 0 saturated heterocycles. The maximum Gasteiger partial charge on any atom is 0.252 e. The third-order valence-electron chi connectivity index (χ3n) is 2.35. The van der Waals surface area contributed by atoms with Gasteiger partial charge in [0.05, 0.1) is 10.6 Å². The van der Waals surface area contributed by atoms with Crippen LogP contribution in [0.2, 0.25) is 5.02 Å². The number of nitrogens with one attached hydrogen (secondary N) is 1. The van der Waals surface area contributed by atoms with Crippen LogP contribution in [0.4, 0.5) is 0 Å². The van der Waals surface area contributed by atoms with Gasteiger partial charge >= 0.3 is 0 Å². The molecule has 0 bridgehead atoms. The van der Waals surface area contributed by atoms with Crippen LogP contribution >= 0.6 is 11.6 Å². The van der Waals surface area contributed by atoms with Crippen molar-refractivity contribution < 1.29 is 4.79 Å². The minimum absolute atomic E-state index is 0.120. The first-order chi connectivity index (χ1) is 7.66. The number of nitrogens with two attached hydrogens (primary N) is 1. The summed E-state index contributed by atoms with van der Waals surface area (Å²) in [6, 6.07) is 5.44. The van der Waals surface area contributed by atoms with Gasteiger partial charge in [-0.2, -0.15) is 0 Å². The molecule has 0 aliphatic carbocycles. The molecule has 1 amide bonds. The van der Waals surface area contributed by atoms with Crippen molar-refractivity contribution in [2.75, 3.05) is 13.1 Å². The second-order valence-electron chi connectivity index (χ2n) is 3.69. The molecule has 1 aromatic rings. The molecule has 0 saturated carbocycles. The number of rotatable bonds is 5. The van der Waals surface area contributed by atoms with E-state index < -0.39 is 0 Å². The molecule has 0 fully saturated rings. The van der Waals surface area contributed by atoms with Gasteiger partial charge in [-0.05, 0) is 37.9 Å². The molecule has 0 aliphatic heterocycles. The zero-order valence-corrected chi connectivity index (χ0v) is 10.2. The Labute approximate surface area is 101 Å². The van der Waals surface area contributed by atoms with Crippen LogP contribution in [0.25, 0.3) is 0 Å². The molecule has 1 rings (SSSR count). The van der Waals surface area contributed by atoms with E-state index in [1.807, 2.05) is 19.1 Å². The Hall–Kier alpha value is -1.06. The maximum atomic E-state index is 11.8. The molecule has 3 N–H and O–H groups in total. The molecule has 88 valence electrons. The summed E-state index contributed by atoms with van der Waals surface area (Å²) in [7, 11) is 0. The first-order valence-electron chi connectivity index (χ1n) is 5.40. The average Bonchev–Trinajstić information content (AvgIpc) is 2.28. The molecule has 0 heterocycles. The van der Waals surface area contributed by atoms with Crippen LogP contribution in [0, 0.1) is 6.92 Å². The maximum absolute atomic E-state index is 11.8. The van der Waals surface area contributed by atoms with Crippen molar-refractivity contribution in [1.82, 2.24) is 5.32 Å². The number of halogens is 1. The van der Waals surface area contributed by atoms with E-state index in [0.29, 0.717) is 23.7 Å². The van der Waals surface area contributed by atoms with Gasteiger partial charge in [-0.1, -0.05) is 23.7 Å². The van der Waals surface area contributed by atoms with Gasteiger partial charge < -0.3 is 11.1 Å². The highest BCUT2D eigenvalue weighted by molar-refractivity contribution is 6.34. The number of amides is 1. The van der Waals surface area contributed by atoms with Crippen LogP contribution in [0.3, 0.4) is 0 Å². The fourth-order valence-electron chi connectivity index (χ4n) is 1.39. The summed E-state index contributed by atoms with van der Waals surface area (Å²) in [5.41, 5.74) is 6.82. The second kappa shape index (κ2) is 6.51. The monoisotopic (exact) mass is 240 g/mol. The Kier molecular flexibility index (Phi) is 5.29. The molecular formula is C12H17ClN2O. The molecular weight excluding hydrogens is 224 g/mol. The van der Waals surface area contributed by atoms with Crippen LogP contribution in [0.5, 0.6) is 0 Å². The molecule has 0 aromatic heterocycles. The fraction of sp³-hybridized carbons (Fsp3) is 0.417. The standard InChI is InChI=1S/C12H17ClN2O/c1-9-5-4-6-10(11(9)13)12(16)15-8-3-2-7-14/h4-6H,2-3,7-8,14H2,1H3,(H,15,16). The summed E-state index contributed by atoms with van der Waals surface area (Å²) >= 11 is 6.05. The molecule has 1 aromatic carbocycles. The SMILES string of the molecule is Cc1cccc(C(=O)NCCCCN)c1Cl. The smallest absolute Gasteiger partial charge is 0.252 e. The molecule has 0 spiro atoms. The minimum Gasteiger partial charge on any atom is -0.352 e. The van der Waals surface area contributed by atoms with Crippen LogP contribution in [0.1, 0.15) is 28.8 Å². The predicted molar refractivity (Wildman–Crippen MR) is 66.8 cm³/mol. The van der Waals surface area contributed by atoms with Crippen molar-refractivity contribution in [2.45, 2.75) is 19.8 Å². The number of benzene rings is 1. The van der Waals surface area contributed by atoms with Crippen molar-refractivity contribution in [2.24, 2.45) is 5.73 Å². The van der Waals surface area contributed by atoms with Crippen molar-refractivity contribution >= 4 is 17.5 Å². The van der Waals surface area contributed by atoms with E-state index in [-0.39, 0.29) is 5.91 Å². The number of unbranched alkanes of at least 4 members (excludes halogenated alkanes) is 1. The molecule has 0 atom stereocenters. The quantitative estimate of drug-likeness (QED) is 0.775. The first kappa shape index (κ1) is 13.0. The number of aryl methyl sites for hydroxylation is 1. The van der Waals surface area contributed by atoms with Crippen molar-refractivity contribution in [3.63, 3.8) is 0 Å². The Morgan fingerprint density at radius 2 is 2.19 bits per heavy atom. The number of carbonyl (C=O) groups excluding carboxylic acids is 1. The Bertz CT molecular complexity index is 366. The van der Waals surface area contributed by atoms with Gasteiger partial charge in [0, 0.05) is 6.54 Å². The van der Waals surface area contributed by atoms with Crippen molar-refractivity contribution in [3.8, 4) is 0 Å². The lowest BCUT2D eigenvalue weighted by molar-refractivity contribution is 0.0953. The molecule has 4 heteroatoms. The van der Waals surface area contributed by atoms with Crippen LogP contribution < -0.4 is 11.1 Å². The van der Waals surface area contributed by atoms with Gasteiger partial charge in [-0.3, -0.25) is 4.79 Å². The van der Waals surface area contributed by atoms with Crippen molar-refractivity contribution in [1.29, 1.82) is 0 Å². The largest absolute Gasteiger partial charge is 0.352 e. The van der Waals surface area contributed by atoms with Crippen molar-refractivity contribution in [3.05, 3.63) is 34.3 Å². The van der Waals surface area contributed by atoms with E-state index in [2.05, 4.69) is 5.32 Å². The highest BCUT2D eigenvalue weighted by atomic mass is 35.5. The number of hydrogen-bond acceptors (Lipinski definition) is 2. The number of hydrogen-bond donors (Lipinski definition) is 2. The van der Waals surface area contributed by atoms with Gasteiger partial charge in [0.15, 0.2) is 0 Å². The molecule has 16 heavy (non-hydrogen) atoms. The highest BCUT2D eigenvalue weighted by Gasteiger charge is 2.10. The molecule has 0 aliphatic rings. The van der Waals surface area contributed by atoms with Gasteiger partial charge in [0.1, 0.15) is 0 Å². The summed E-state index contributed by atoms with van der Waals surface area (Å²) in [6.07, 6.45) is 1.81. The van der Waals surface area contributed by atoms with Crippen LogP contribution in [-0.2, 0) is 0 Å². The summed E-state index contributed by atoms with van der Waals surface area (Å²) in [5, 5.41) is 3.35. The second-order valence-corrected chi connectivity index (χ2v) is 4.07. The third kappa shape index (κ3) is 3.51. The number of carbonyl (C=O) groups is 1. The average molecular weight is 241 g/mol. The van der Waals surface area contributed by atoms with Crippen LogP contribution in [0.15, 0.2) is 18.2 Å². The van der Waals surface area contributed by atoms with E-state index in [1.165, 1.54) is 0 Å². The van der Waals surface area contributed by atoms with E-state index in [0.717, 1.165) is 18.4 Å². The topological polar surface area (TPSA) is 55.1 Å². The van der Waals surface area contributed by atoms with Gasteiger partial charge in [0.25, 0.3) is 5.91 Å². The zero-order valence-electron chi connectivity index (χ0n) is 9.42. The lowest BCUT2D eigenvalue weighted by atomic mass is 10.1. The lowest BCUT2D eigenvalue weighted by Gasteiger charge is -2.07. The van der Waals surface area contributed by atoms with E-state index in [1.54, 1.807) is 6.07 Å².